The van der Waals surface area contributed by atoms with Crippen LogP contribution >= 0.6 is 15.9 Å². The molecule has 6 heteroatoms. The summed E-state index contributed by atoms with van der Waals surface area (Å²) in [4.78, 5) is 21.8. The van der Waals surface area contributed by atoms with Gasteiger partial charge in [-0.1, -0.05) is 15.9 Å². The van der Waals surface area contributed by atoms with Crippen LogP contribution in [0.2, 0.25) is 0 Å². The van der Waals surface area contributed by atoms with Gasteiger partial charge in [-0.2, -0.15) is 0 Å². The van der Waals surface area contributed by atoms with Gasteiger partial charge in [0.15, 0.2) is 0 Å². The van der Waals surface area contributed by atoms with E-state index in [2.05, 4.69) is 21.2 Å². The summed E-state index contributed by atoms with van der Waals surface area (Å²) in [5.41, 5.74) is 5.63. The maximum Gasteiger partial charge on any atom is 0.318 e. The van der Waals surface area contributed by atoms with Gasteiger partial charge < -0.3 is 11.1 Å². The minimum atomic E-state index is -0.852. The normalized spacial score (nSPS) is 11.6. The Hall–Kier alpha value is -1.56. The Morgan fingerprint density at radius 1 is 1.31 bits per heavy atom. The molecular formula is C10H12BrN3O2. The van der Waals surface area contributed by atoms with Crippen molar-refractivity contribution in [2.75, 3.05) is 5.32 Å². The summed E-state index contributed by atoms with van der Waals surface area (Å²) in [5, 5.41) is 4.94. The average molecular weight is 286 g/mol. The summed E-state index contributed by atoms with van der Waals surface area (Å²) >= 11 is 3.31. The first-order chi connectivity index (χ1) is 7.49. The molecule has 0 radical (unpaired) electrons. The predicted molar refractivity (Wildman–Crippen MR) is 65.0 cm³/mol. The van der Waals surface area contributed by atoms with Crippen LogP contribution in [0.1, 0.15) is 6.92 Å². The number of primary amides is 1. The van der Waals surface area contributed by atoms with Crippen molar-refractivity contribution in [1.82, 2.24) is 5.32 Å². The number of carbonyl (C=O) groups is 2. The molecule has 0 aliphatic rings. The van der Waals surface area contributed by atoms with Crippen LogP contribution in [0.3, 0.4) is 0 Å². The number of nitrogens with two attached hydrogens (primary N) is 1. The number of halogens is 1. The van der Waals surface area contributed by atoms with Crippen molar-refractivity contribution in [2.24, 2.45) is 5.73 Å². The number of urea groups is 1. The lowest BCUT2D eigenvalue weighted by Crippen LogP contribution is -2.43. The Labute approximate surface area is 102 Å². The van der Waals surface area contributed by atoms with E-state index in [9.17, 15) is 9.59 Å². The van der Waals surface area contributed by atoms with E-state index in [-0.39, 0.29) is 0 Å². The van der Waals surface area contributed by atoms with Crippen molar-refractivity contribution in [3.8, 4) is 0 Å². The van der Waals surface area contributed by atoms with E-state index in [0.29, 0.717) is 0 Å². The largest absolute Gasteiger partial charge is 0.374 e. The summed E-state index contributed by atoms with van der Waals surface area (Å²) < 4.78 is 0.951. The van der Waals surface area contributed by atoms with E-state index < -0.39 is 18.0 Å². The van der Waals surface area contributed by atoms with Crippen LogP contribution in [-0.4, -0.2) is 18.0 Å². The summed E-state index contributed by atoms with van der Waals surface area (Å²) in [6.07, 6.45) is 0. The third kappa shape index (κ3) is 3.90. The summed E-state index contributed by atoms with van der Waals surface area (Å²) in [7, 11) is 0. The average Bonchev–Trinajstić information content (AvgIpc) is 2.20. The summed E-state index contributed by atoms with van der Waals surface area (Å²) in [6, 6.07) is 5.95. The molecule has 0 fully saturated rings. The van der Waals surface area contributed by atoms with Gasteiger partial charge in [0.25, 0.3) is 0 Å². The number of benzene rings is 1. The molecule has 0 aromatic heterocycles. The van der Waals surface area contributed by atoms with Crippen molar-refractivity contribution in [3.05, 3.63) is 28.7 Å². The molecule has 0 bridgehead atoms. The molecule has 1 atom stereocenters. The highest BCUT2D eigenvalue weighted by atomic mass is 79.9. The fraction of sp³-hybridized carbons (Fsp3) is 0.200. The van der Waals surface area contributed by atoms with Gasteiger partial charge in [0.05, 0.1) is 0 Å². The molecular weight excluding hydrogens is 274 g/mol. The first-order valence-corrected chi connectivity index (χ1v) is 5.40. The second kappa shape index (κ2) is 5.50. The molecule has 0 aliphatic carbocycles. The van der Waals surface area contributed by atoms with Gasteiger partial charge >= 0.3 is 6.03 Å². The zero-order valence-corrected chi connectivity index (χ0v) is 10.2. The van der Waals surface area contributed by atoms with Gasteiger partial charge in [-0.05, 0) is 31.2 Å². The van der Waals surface area contributed by atoms with E-state index in [4.69, 9.17) is 5.73 Å². The van der Waals surface area contributed by atoms with Crippen molar-refractivity contribution in [3.63, 3.8) is 0 Å². The molecule has 4 N–H and O–H groups in total. The van der Waals surface area contributed by atoms with Crippen LogP contribution in [0.4, 0.5) is 10.5 Å². The smallest absolute Gasteiger partial charge is 0.318 e. The van der Waals surface area contributed by atoms with E-state index >= 15 is 0 Å². The lowest BCUT2D eigenvalue weighted by atomic mass is 10.2. The van der Waals surface area contributed by atoms with Crippen LogP contribution in [0, 0.1) is 0 Å². The van der Waals surface area contributed by atoms with E-state index in [1.54, 1.807) is 6.92 Å². The Kier molecular flexibility index (Phi) is 4.30. The van der Waals surface area contributed by atoms with E-state index in [1.807, 2.05) is 29.6 Å². The van der Waals surface area contributed by atoms with Crippen LogP contribution in [0.5, 0.6) is 0 Å². The Morgan fingerprint density at radius 3 is 2.38 bits per heavy atom. The molecule has 5 nitrogen and oxygen atoms in total. The molecule has 16 heavy (non-hydrogen) atoms. The molecule has 0 saturated carbocycles. The molecule has 86 valence electrons. The van der Waals surface area contributed by atoms with Crippen molar-refractivity contribution >= 4 is 33.6 Å². The van der Waals surface area contributed by atoms with Crippen LogP contribution in [-0.2, 0) is 4.79 Å². The molecule has 0 unspecified atom stereocenters. The number of anilines is 1. The Balaban J connectivity index is 2.57. The van der Waals surface area contributed by atoms with Gasteiger partial charge in [0.2, 0.25) is 5.91 Å². The van der Waals surface area contributed by atoms with Crippen molar-refractivity contribution in [1.29, 1.82) is 0 Å². The van der Waals surface area contributed by atoms with Crippen molar-refractivity contribution in [2.45, 2.75) is 13.0 Å². The fourth-order valence-electron chi connectivity index (χ4n) is 1.09. The number of hydrogen-bond donors (Lipinski definition) is 3. The molecule has 0 saturated heterocycles. The van der Waals surface area contributed by atoms with Gasteiger partial charge in [-0.3, -0.25) is 10.1 Å². The number of imide groups is 1. The second-order valence-corrected chi connectivity index (χ2v) is 4.14. The first-order valence-electron chi connectivity index (χ1n) is 4.61. The fourth-order valence-corrected chi connectivity index (χ4v) is 1.36. The third-order valence-corrected chi connectivity index (χ3v) is 2.40. The standard InChI is InChI=1S/C10H12BrN3O2/c1-6(9(15)14-10(12)16)13-8-4-2-7(11)3-5-8/h2-6,13H,1H3,(H3,12,14,15,16)/t6-/m0/s1. The zero-order chi connectivity index (χ0) is 12.1. The summed E-state index contributed by atoms with van der Waals surface area (Å²) in [5.74, 6) is -0.463. The number of nitrogens with one attached hydrogen (secondary N) is 2. The highest BCUT2D eigenvalue weighted by Crippen LogP contribution is 2.14. The molecule has 0 heterocycles. The van der Waals surface area contributed by atoms with E-state index in [1.165, 1.54) is 0 Å². The lowest BCUT2D eigenvalue weighted by molar-refractivity contribution is -0.120. The van der Waals surface area contributed by atoms with Gasteiger partial charge in [-0.25, -0.2) is 4.79 Å². The Morgan fingerprint density at radius 2 is 1.88 bits per heavy atom. The number of carbonyl (C=O) groups excluding carboxylic acids is 2. The number of rotatable bonds is 3. The molecule has 1 rings (SSSR count). The van der Waals surface area contributed by atoms with Crippen LogP contribution < -0.4 is 16.4 Å². The molecule has 1 aromatic carbocycles. The number of amides is 3. The third-order valence-electron chi connectivity index (χ3n) is 1.87. The predicted octanol–water partition coefficient (Wildman–Crippen LogP) is 1.44. The maximum atomic E-state index is 11.3. The van der Waals surface area contributed by atoms with E-state index in [0.717, 1.165) is 10.2 Å². The monoisotopic (exact) mass is 285 g/mol. The second-order valence-electron chi connectivity index (χ2n) is 3.23. The highest BCUT2D eigenvalue weighted by Gasteiger charge is 2.13. The zero-order valence-electron chi connectivity index (χ0n) is 8.66. The van der Waals surface area contributed by atoms with Crippen LogP contribution in [0.25, 0.3) is 0 Å². The first kappa shape index (κ1) is 12.5. The number of hydrogen-bond acceptors (Lipinski definition) is 3. The van der Waals surface area contributed by atoms with Gasteiger partial charge in [0.1, 0.15) is 6.04 Å². The molecule has 0 spiro atoms. The topological polar surface area (TPSA) is 84.2 Å². The van der Waals surface area contributed by atoms with Gasteiger partial charge in [-0.15, -0.1) is 0 Å². The lowest BCUT2D eigenvalue weighted by Gasteiger charge is -2.13. The quantitative estimate of drug-likeness (QED) is 0.786. The van der Waals surface area contributed by atoms with Gasteiger partial charge in [0, 0.05) is 10.2 Å². The Bertz CT molecular complexity index is 392. The summed E-state index contributed by atoms with van der Waals surface area (Å²) in [6.45, 7) is 1.64. The minimum Gasteiger partial charge on any atom is -0.374 e. The van der Waals surface area contributed by atoms with Crippen LogP contribution in [0.15, 0.2) is 28.7 Å². The molecule has 0 aliphatic heterocycles. The maximum absolute atomic E-state index is 11.3. The van der Waals surface area contributed by atoms with Crippen molar-refractivity contribution < 1.29 is 9.59 Å². The SMILES string of the molecule is C[C@H](Nc1ccc(Br)cc1)C(=O)NC(N)=O. The molecule has 3 amide bonds. The minimum absolute atomic E-state index is 0.463. The highest BCUT2D eigenvalue weighted by molar-refractivity contribution is 9.10. The molecule has 1 aromatic rings.